The number of quaternary nitrogens is 1. The van der Waals surface area contributed by atoms with E-state index in [1.54, 1.807) is 0 Å². The Morgan fingerprint density at radius 1 is 0.556 bits per heavy atom. The fraction of sp³-hybridized carbons (Fsp3) is 0.849. The first-order valence-corrected chi connectivity index (χ1v) is 27.8. The molecule has 63 heavy (non-hydrogen) atoms. The van der Waals surface area contributed by atoms with Gasteiger partial charge in [0.05, 0.1) is 33.8 Å². The van der Waals surface area contributed by atoms with E-state index >= 15 is 0 Å². The molecule has 2 N–H and O–H groups in total. The van der Waals surface area contributed by atoms with E-state index in [9.17, 15) is 19.0 Å². The Balaban J connectivity index is 5.52. The number of phosphoric ester groups is 1. The maximum Gasteiger partial charge on any atom is 0.472 e. The minimum Gasteiger partial charge on any atom is -0.456 e. The largest absolute Gasteiger partial charge is 0.472 e. The molecule has 0 heterocycles. The van der Waals surface area contributed by atoms with Crippen molar-refractivity contribution in [2.45, 2.75) is 251 Å². The first-order valence-electron chi connectivity index (χ1n) is 26.3. The Kier molecular flexibility index (Phi) is 42.8. The summed E-state index contributed by atoms with van der Waals surface area (Å²) < 4.78 is 30.4. The summed E-state index contributed by atoms with van der Waals surface area (Å²) in [6, 6.07) is -0.863. The molecule has 0 rings (SSSR count). The van der Waals surface area contributed by atoms with Crippen molar-refractivity contribution in [3.8, 4) is 0 Å². The van der Waals surface area contributed by atoms with Gasteiger partial charge >= 0.3 is 13.8 Å². The topological polar surface area (TPSA) is 111 Å². The van der Waals surface area contributed by atoms with Crippen LogP contribution in [0, 0.1) is 0 Å². The van der Waals surface area contributed by atoms with Gasteiger partial charge in [0.2, 0.25) is 5.91 Å². The number of likely N-dealkylation sites (N-methyl/N-ethyl adjacent to an activating group) is 1. The monoisotopic (exact) mass is 910 g/mol. The van der Waals surface area contributed by atoms with Crippen LogP contribution in [-0.4, -0.2) is 74.3 Å². The lowest BCUT2D eigenvalue weighted by atomic mass is 10.0. The van der Waals surface area contributed by atoms with Crippen LogP contribution in [0.4, 0.5) is 0 Å². The molecule has 0 saturated carbocycles. The van der Waals surface area contributed by atoms with Gasteiger partial charge in [0.15, 0.2) is 0 Å². The zero-order valence-electron chi connectivity index (χ0n) is 42.1. The molecule has 0 spiro atoms. The van der Waals surface area contributed by atoms with Crippen molar-refractivity contribution >= 4 is 19.7 Å². The molecule has 0 fully saturated rings. The third-order valence-electron chi connectivity index (χ3n) is 11.6. The van der Waals surface area contributed by atoms with Gasteiger partial charge in [-0.3, -0.25) is 18.6 Å². The number of rotatable bonds is 47. The third kappa shape index (κ3) is 45.2. The summed E-state index contributed by atoms with van der Waals surface area (Å²) in [4.78, 5) is 37.3. The molecule has 0 saturated heterocycles. The van der Waals surface area contributed by atoms with Gasteiger partial charge in [-0.25, -0.2) is 4.57 Å². The molecule has 1 amide bonds. The predicted molar refractivity (Wildman–Crippen MR) is 268 cm³/mol. The van der Waals surface area contributed by atoms with E-state index in [0.29, 0.717) is 23.9 Å². The summed E-state index contributed by atoms with van der Waals surface area (Å²) in [5, 5.41) is 3.02. The highest BCUT2D eigenvalue weighted by molar-refractivity contribution is 7.47. The third-order valence-corrected chi connectivity index (χ3v) is 12.6. The van der Waals surface area contributed by atoms with Crippen molar-refractivity contribution < 1.29 is 37.3 Å². The molecule has 10 heteroatoms. The Bertz CT molecular complexity index is 1180. The van der Waals surface area contributed by atoms with Crippen LogP contribution in [0.1, 0.15) is 239 Å². The Morgan fingerprint density at radius 2 is 0.984 bits per heavy atom. The summed E-state index contributed by atoms with van der Waals surface area (Å²) in [5.74, 6) is -0.580. The number of hydrogen-bond donors (Lipinski definition) is 2. The Morgan fingerprint density at radius 3 is 1.46 bits per heavy atom. The average Bonchev–Trinajstić information content (AvgIpc) is 3.23. The summed E-state index contributed by atoms with van der Waals surface area (Å²) in [6.07, 6.45) is 50.1. The van der Waals surface area contributed by atoms with Crippen molar-refractivity contribution in [2.24, 2.45) is 0 Å². The van der Waals surface area contributed by atoms with Gasteiger partial charge in [-0.05, 0) is 51.0 Å². The van der Waals surface area contributed by atoms with Crippen LogP contribution >= 0.6 is 7.82 Å². The van der Waals surface area contributed by atoms with Gasteiger partial charge < -0.3 is 19.4 Å². The van der Waals surface area contributed by atoms with Crippen LogP contribution < -0.4 is 5.32 Å². The zero-order chi connectivity index (χ0) is 46.5. The average molecular weight is 910 g/mol. The number of amides is 1. The fourth-order valence-electron chi connectivity index (χ4n) is 7.46. The summed E-state index contributed by atoms with van der Waals surface area (Å²) in [7, 11) is 1.48. The standard InChI is InChI=1S/C53H101N2O7P/c1-7-10-13-16-19-22-25-27-30-32-35-38-41-44-51(62-53(57)46-43-40-37-34-31-28-26-23-20-17-14-11-8-2)50(49-61-63(58,59)60-48-47-55(4,5)6)54-52(56)45-42-39-36-33-29-24-21-18-15-12-9-3/h28,31,37,40-41,44,50-51H,7-27,29-30,32-36,38-39,42-43,45-49H2,1-6H3,(H-,54,56,58,59)/p+1/b31-28-,40-37+,44-41+. The lowest BCUT2D eigenvalue weighted by molar-refractivity contribution is -0.870. The molecule has 0 aromatic heterocycles. The maximum atomic E-state index is 13.4. The van der Waals surface area contributed by atoms with Crippen LogP contribution in [0.2, 0.25) is 0 Å². The highest BCUT2D eigenvalue weighted by atomic mass is 31.2. The number of esters is 1. The highest BCUT2D eigenvalue weighted by Gasteiger charge is 2.30. The van der Waals surface area contributed by atoms with Gasteiger partial charge in [-0.2, -0.15) is 0 Å². The van der Waals surface area contributed by atoms with Gasteiger partial charge in [0, 0.05) is 12.8 Å². The number of carbonyl (C=O) groups excluding carboxylic acids is 2. The lowest BCUT2D eigenvalue weighted by Crippen LogP contribution is -2.47. The maximum absolute atomic E-state index is 13.4. The first-order chi connectivity index (χ1) is 30.4. The predicted octanol–water partition coefficient (Wildman–Crippen LogP) is 15.2. The van der Waals surface area contributed by atoms with Gasteiger partial charge in [-0.1, -0.05) is 212 Å². The van der Waals surface area contributed by atoms with Crippen molar-refractivity contribution in [1.29, 1.82) is 0 Å². The first kappa shape index (κ1) is 61.2. The van der Waals surface area contributed by atoms with Crippen LogP contribution in [0.3, 0.4) is 0 Å². The second-order valence-electron chi connectivity index (χ2n) is 19.1. The quantitative estimate of drug-likeness (QED) is 0.0206. The van der Waals surface area contributed by atoms with Crippen molar-refractivity contribution in [3.05, 3.63) is 36.5 Å². The molecule has 0 aromatic rings. The number of phosphoric acid groups is 1. The van der Waals surface area contributed by atoms with Crippen molar-refractivity contribution in [3.63, 3.8) is 0 Å². The second kappa shape index (κ2) is 44.1. The minimum atomic E-state index is -4.44. The number of ether oxygens (including phenoxy) is 1. The van der Waals surface area contributed by atoms with Crippen molar-refractivity contribution in [1.82, 2.24) is 5.32 Å². The molecule has 0 aliphatic carbocycles. The number of hydrogen-bond acceptors (Lipinski definition) is 6. The smallest absolute Gasteiger partial charge is 0.456 e. The van der Waals surface area contributed by atoms with E-state index in [0.717, 1.165) is 51.4 Å². The molecule has 370 valence electrons. The van der Waals surface area contributed by atoms with E-state index in [-0.39, 0.29) is 25.5 Å². The Hall–Kier alpha value is -1.77. The molecule has 9 nitrogen and oxygen atoms in total. The van der Waals surface area contributed by atoms with E-state index in [1.165, 1.54) is 148 Å². The van der Waals surface area contributed by atoms with Crippen molar-refractivity contribution in [2.75, 3.05) is 40.9 Å². The zero-order valence-corrected chi connectivity index (χ0v) is 43.0. The lowest BCUT2D eigenvalue weighted by Gasteiger charge is -2.27. The molecule has 0 radical (unpaired) electrons. The Labute approximate surface area is 389 Å². The van der Waals surface area contributed by atoms with Gasteiger partial charge in [-0.15, -0.1) is 0 Å². The fourth-order valence-corrected chi connectivity index (χ4v) is 8.20. The van der Waals surface area contributed by atoms with Crippen LogP contribution in [0.5, 0.6) is 0 Å². The number of nitrogens with one attached hydrogen (secondary N) is 1. The molecule has 3 unspecified atom stereocenters. The number of carbonyl (C=O) groups is 2. The van der Waals surface area contributed by atoms with E-state index in [2.05, 4.69) is 44.3 Å². The molecule has 0 aromatic carbocycles. The molecular formula is C53H102N2O7P+. The number of unbranched alkanes of at least 4 members (excludes halogenated alkanes) is 27. The summed E-state index contributed by atoms with van der Waals surface area (Å²) >= 11 is 0. The molecular weight excluding hydrogens is 808 g/mol. The van der Waals surface area contributed by atoms with E-state index < -0.39 is 25.9 Å². The minimum absolute atomic E-state index is 0.0346. The van der Waals surface area contributed by atoms with E-state index in [1.807, 2.05) is 39.4 Å². The number of allylic oxidation sites excluding steroid dienone is 5. The normalized spacial score (nSPS) is 14.2. The van der Waals surface area contributed by atoms with Crippen LogP contribution in [0.25, 0.3) is 0 Å². The van der Waals surface area contributed by atoms with Gasteiger partial charge in [0.25, 0.3) is 0 Å². The van der Waals surface area contributed by atoms with Crippen LogP contribution in [-0.2, 0) is 27.9 Å². The molecule has 0 bridgehead atoms. The number of nitrogens with zero attached hydrogens (tertiary/aromatic N) is 1. The highest BCUT2D eigenvalue weighted by Crippen LogP contribution is 2.43. The van der Waals surface area contributed by atoms with E-state index in [4.69, 9.17) is 13.8 Å². The molecule has 3 atom stereocenters. The SMILES string of the molecule is CCCCCCCC/C=C\C/C=C/CCC(=O)OC(/C=C/CCCCCCCCCCCCC)C(COP(=O)(O)OCC[N+](C)(C)C)NC(=O)CCCCCCCCCCCCC. The molecule has 0 aliphatic rings. The van der Waals surface area contributed by atoms with Crippen LogP contribution in [0.15, 0.2) is 36.5 Å². The van der Waals surface area contributed by atoms with Gasteiger partial charge in [0.1, 0.15) is 19.3 Å². The summed E-state index contributed by atoms with van der Waals surface area (Å²) in [6.45, 7) is 6.95. The molecule has 0 aliphatic heterocycles. The summed E-state index contributed by atoms with van der Waals surface area (Å²) in [5.41, 5.74) is 0. The second-order valence-corrected chi connectivity index (χ2v) is 20.5.